The summed E-state index contributed by atoms with van der Waals surface area (Å²) in [6, 6.07) is 8.40. The van der Waals surface area contributed by atoms with Gasteiger partial charge in [0.15, 0.2) is 5.79 Å². The van der Waals surface area contributed by atoms with E-state index in [-0.39, 0.29) is 5.79 Å². The molecule has 1 aliphatic carbocycles. The largest absolute Gasteiger partial charge is 0.361 e. The second-order valence-electron chi connectivity index (χ2n) is 5.96. The Bertz CT molecular complexity index is 776. The fourth-order valence-corrected chi connectivity index (χ4v) is 3.45. The minimum absolute atomic E-state index is 0.373. The molecule has 4 heteroatoms. The smallest absolute Gasteiger partial charge is 0.172 e. The van der Waals surface area contributed by atoms with Crippen LogP contribution in [0.5, 0.6) is 0 Å². The van der Waals surface area contributed by atoms with Gasteiger partial charge in [0, 0.05) is 35.5 Å². The van der Waals surface area contributed by atoms with Crippen molar-refractivity contribution in [3.05, 3.63) is 41.6 Å². The Balaban J connectivity index is 1.68. The first-order valence-electron chi connectivity index (χ1n) is 7.74. The minimum Gasteiger partial charge on any atom is -0.361 e. The first-order chi connectivity index (χ1) is 10.8. The summed E-state index contributed by atoms with van der Waals surface area (Å²) in [5, 5.41) is 10.1. The standard InChI is InChI=1S/C18H18N2O2/c19-8-5-13-1-2-17-15(11-13)16(12-20-17)14-3-6-18(7-4-14)21-9-10-22-18/h1-3,11-12,20H,4-7,9-10H2. The van der Waals surface area contributed by atoms with Crippen LogP contribution in [0, 0.1) is 11.3 Å². The fourth-order valence-electron chi connectivity index (χ4n) is 3.45. The Morgan fingerprint density at radius 1 is 1.27 bits per heavy atom. The zero-order valence-corrected chi connectivity index (χ0v) is 12.4. The predicted octanol–water partition coefficient (Wildman–Crippen LogP) is 3.54. The molecule has 0 radical (unpaired) electrons. The van der Waals surface area contributed by atoms with Crippen LogP contribution in [0.3, 0.4) is 0 Å². The Labute approximate surface area is 129 Å². The van der Waals surface area contributed by atoms with Gasteiger partial charge >= 0.3 is 0 Å². The topological polar surface area (TPSA) is 58.0 Å². The lowest BCUT2D eigenvalue weighted by Crippen LogP contribution is -2.31. The summed E-state index contributed by atoms with van der Waals surface area (Å²) in [6.07, 6.45) is 7.44. The second kappa shape index (κ2) is 5.28. The average Bonchev–Trinajstić information content (AvgIpc) is 3.16. The molecule has 0 bridgehead atoms. The third-order valence-corrected chi connectivity index (χ3v) is 4.62. The number of rotatable bonds is 2. The maximum atomic E-state index is 8.88. The third kappa shape index (κ3) is 2.23. The Morgan fingerprint density at radius 2 is 2.14 bits per heavy atom. The molecule has 1 aromatic heterocycles. The van der Waals surface area contributed by atoms with E-state index in [1.807, 2.05) is 6.07 Å². The van der Waals surface area contributed by atoms with Gasteiger partial charge in [-0.3, -0.25) is 0 Å². The van der Waals surface area contributed by atoms with Gasteiger partial charge in [-0.05, 0) is 29.7 Å². The van der Waals surface area contributed by atoms with Gasteiger partial charge in [0.05, 0.1) is 25.7 Å². The number of allylic oxidation sites excluding steroid dienone is 1. The fraction of sp³-hybridized carbons (Fsp3) is 0.389. The lowest BCUT2D eigenvalue weighted by molar-refractivity contribution is -0.159. The Morgan fingerprint density at radius 3 is 2.86 bits per heavy atom. The van der Waals surface area contributed by atoms with E-state index in [1.54, 1.807) is 0 Å². The number of benzene rings is 1. The van der Waals surface area contributed by atoms with E-state index in [9.17, 15) is 0 Å². The molecular weight excluding hydrogens is 276 g/mol. The van der Waals surface area contributed by atoms with Crippen molar-refractivity contribution in [1.29, 1.82) is 5.26 Å². The number of ether oxygens (including phenoxy) is 2. The average molecular weight is 294 g/mol. The maximum absolute atomic E-state index is 8.88. The van der Waals surface area contributed by atoms with Gasteiger partial charge in [-0.25, -0.2) is 0 Å². The van der Waals surface area contributed by atoms with E-state index in [0.717, 1.165) is 30.3 Å². The molecule has 2 heterocycles. The molecule has 0 atom stereocenters. The van der Waals surface area contributed by atoms with Crippen LogP contribution in [-0.2, 0) is 15.9 Å². The van der Waals surface area contributed by atoms with Crippen molar-refractivity contribution in [3.63, 3.8) is 0 Å². The molecule has 0 unspecified atom stereocenters. The normalized spacial score (nSPS) is 20.2. The van der Waals surface area contributed by atoms with Crippen molar-refractivity contribution >= 4 is 16.5 Å². The minimum atomic E-state index is -0.373. The highest BCUT2D eigenvalue weighted by Crippen LogP contribution is 2.39. The van der Waals surface area contributed by atoms with Crippen molar-refractivity contribution in [2.24, 2.45) is 0 Å². The summed E-state index contributed by atoms with van der Waals surface area (Å²) in [7, 11) is 0. The monoisotopic (exact) mass is 294 g/mol. The van der Waals surface area contributed by atoms with Crippen LogP contribution in [0.4, 0.5) is 0 Å². The number of nitriles is 1. The lowest BCUT2D eigenvalue weighted by Gasteiger charge is -2.30. The number of nitrogens with zero attached hydrogens (tertiary/aromatic N) is 1. The number of hydrogen-bond donors (Lipinski definition) is 1. The van der Waals surface area contributed by atoms with Gasteiger partial charge in [-0.15, -0.1) is 0 Å². The van der Waals surface area contributed by atoms with Crippen LogP contribution in [0.1, 0.15) is 30.4 Å². The zero-order valence-electron chi connectivity index (χ0n) is 12.4. The number of nitrogens with one attached hydrogen (secondary N) is 1. The highest BCUT2D eigenvalue weighted by Gasteiger charge is 2.37. The number of hydrogen-bond acceptors (Lipinski definition) is 3. The third-order valence-electron chi connectivity index (χ3n) is 4.62. The van der Waals surface area contributed by atoms with E-state index in [1.165, 1.54) is 16.5 Å². The van der Waals surface area contributed by atoms with E-state index in [4.69, 9.17) is 14.7 Å². The quantitative estimate of drug-likeness (QED) is 0.921. The second-order valence-corrected chi connectivity index (χ2v) is 5.96. The van der Waals surface area contributed by atoms with Gasteiger partial charge in [0.1, 0.15) is 0 Å². The van der Waals surface area contributed by atoms with Crippen molar-refractivity contribution in [2.45, 2.75) is 31.5 Å². The molecule has 0 amide bonds. The summed E-state index contributed by atoms with van der Waals surface area (Å²) in [4.78, 5) is 3.33. The maximum Gasteiger partial charge on any atom is 0.172 e. The van der Waals surface area contributed by atoms with Crippen molar-refractivity contribution < 1.29 is 9.47 Å². The zero-order chi connectivity index (χ0) is 15.0. The first-order valence-corrected chi connectivity index (χ1v) is 7.74. The predicted molar refractivity (Wildman–Crippen MR) is 84.1 cm³/mol. The summed E-state index contributed by atoms with van der Waals surface area (Å²) < 4.78 is 11.5. The van der Waals surface area contributed by atoms with Crippen molar-refractivity contribution in [2.75, 3.05) is 13.2 Å². The van der Waals surface area contributed by atoms with Gasteiger partial charge in [-0.2, -0.15) is 5.26 Å². The molecule has 22 heavy (non-hydrogen) atoms. The van der Waals surface area contributed by atoms with Gasteiger partial charge < -0.3 is 14.5 Å². The molecule has 2 aliphatic rings. The number of aromatic nitrogens is 1. The molecule has 1 fully saturated rings. The summed E-state index contributed by atoms with van der Waals surface area (Å²) in [5.74, 6) is -0.373. The van der Waals surface area contributed by atoms with Gasteiger partial charge in [-0.1, -0.05) is 12.1 Å². The van der Waals surface area contributed by atoms with Crippen LogP contribution < -0.4 is 0 Å². The van der Waals surface area contributed by atoms with Crippen LogP contribution in [0.2, 0.25) is 0 Å². The number of aromatic amines is 1. The summed E-state index contributed by atoms with van der Waals surface area (Å²) in [5.41, 5.74) is 4.75. The van der Waals surface area contributed by atoms with Crippen LogP contribution in [0.25, 0.3) is 16.5 Å². The molecule has 1 aromatic carbocycles. The molecule has 0 saturated carbocycles. The van der Waals surface area contributed by atoms with Crippen LogP contribution in [0.15, 0.2) is 30.5 Å². The lowest BCUT2D eigenvalue weighted by atomic mass is 9.89. The summed E-state index contributed by atoms with van der Waals surface area (Å²) in [6.45, 7) is 1.40. The van der Waals surface area contributed by atoms with Crippen molar-refractivity contribution in [3.8, 4) is 6.07 Å². The van der Waals surface area contributed by atoms with Gasteiger partial charge in [0.25, 0.3) is 0 Å². The van der Waals surface area contributed by atoms with Crippen molar-refractivity contribution in [1.82, 2.24) is 4.98 Å². The van der Waals surface area contributed by atoms with E-state index >= 15 is 0 Å². The first kappa shape index (κ1) is 13.6. The number of H-pyrrole nitrogens is 1. The van der Waals surface area contributed by atoms with E-state index < -0.39 is 0 Å². The molecule has 1 spiro atoms. The highest BCUT2D eigenvalue weighted by atomic mass is 16.7. The molecule has 4 rings (SSSR count). The molecule has 1 N–H and O–H groups in total. The van der Waals surface area contributed by atoms with Crippen LogP contribution >= 0.6 is 0 Å². The Hall–Kier alpha value is -2.09. The molecule has 2 aromatic rings. The van der Waals surface area contributed by atoms with E-state index in [0.29, 0.717) is 19.6 Å². The van der Waals surface area contributed by atoms with Gasteiger partial charge in [0.2, 0.25) is 0 Å². The molecule has 112 valence electrons. The number of fused-ring (bicyclic) bond motifs is 1. The molecule has 1 saturated heterocycles. The SMILES string of the molecule is N#CCc1ccc2[nH]cc(C3=CCC4(CC3)OCCO4)c2c1. The molecule has 4 nitrogen and oxygen atoms in total. The van der Waals surface area contributed by atoms with Crippen LogP contribution in [-0.4, -0.2) is 24.0 Å². The molecular formula is C18H18N2O2. The summed E-state index contributed by atoms with van der Waals surface area (Å²) >= 11 is 0. The molecule has 1 aliphatic heterocycles. The van der Waals surface area contributed by atoms with E-state index in [2.05, 4.69) is 35.5 Å². The highest BCUT2D eigenvalue weighted by molar-refractivity contribution is 5.93. The Kier molecular flexibility index (Phi) is 3.25.